The SMILES string of the molecule is COC(=O)C1CC=C(c2nn(C(=O)c3c(Cl)cccc3C(F)(F)F)c3cccc(F)c23)CC1(C)C. The van der Waals surface area contributed by atoms with Crippen LogP contribution < -0.4 is 0 Å². The number of halogens is 5. The molecule has 5 nitrogen and oxygen atoms in total. The Bertz CT molecular complexity index is 1380. The van der Waals surface area contributed by atoms with Crippen LogP contribution in [0.1, 0.15) is 48.3 Å². The maximum absolute atomic E-state index is 15.0. The quantitative estimate of drug-likeness (QED) is 0.298. The fourth-order valence-electron chi connectivity index (χ4n) is 4.59. The zero-order chi connectivity index (χ0) is 25.7. The molecule has 2 aromatic carbocycles. The Morgan fingerprint density at radius 2 is 1.86 bits per heavy atom. The van der Waals surface area contributed by atoms with Gasteiger partial charge in [-0.15, -0.1) is 0 Å². The first-order valence-electron chi connectivity index (χ1n) is 10.7. The van der Waals surface area contributed by atoms with E-state index in [1.807, 2.05) is 13.8 Å². The van der Waals surface area contributed by atoms with E-state index in [2.05, 4.69) is 5.10 Å². The molecule has 0 saturated heterocycles. The molecule has 0 radical (unpaired) electrons. The fourth-order valence-corrected chi connectivity index (χ4v) is 4.85. The minimum absolute atomic E-state index is 0.0000281. The third kappa shape index (κ3) is 4.33. The summed E-state index contributed by atoms with van der Waals surface area (Å²) in [7, 11) is 1.30. The molecule has 0 amide bonds. The van der Waals surface area contributed by atoms with Gasteiger partial charge in [0.2, 0.25) is 0 Å². The molecule has 10 heteroatoms. The van der Waals surface area contributed by atoms with E-state index in [1.54, 1.807) is 6.08 Å². The highest BCUT2D eigenvalue weighted by Crippen LogP contribution is 2.45. The molecule has 1 atom stereocenters. The number of fused-ring (bicyclic) bond motifs is 1. The van der Waals surface area contributed by atoms with Crippen LogP contribution in [0.4, 0.5) is 17.6 Å². The zero-order valence-electron chi connectivity index (χ0n) is 19.0. The summed E-state index contributed by atoms with van der Waals surface area (Å²) in [6, 6.07) is 6.97. The number of benzene rings is 2. The number of alkyl halides is 3. The van der Waals surface area contributed by atoms with Crippen LogP contribution >= 0.6 is 11.6 Å². The Labute approximate surface area is 203 Å². The standard InChI is InChI=1S/C25H21ClF4N2O3/c1-24(2)12-13(10-11-15(24)23(34)35-3)21-20-17(27)8-5-9-18(20)32(31-21)22(33)19-14(25(28,29)30)6-4-7-16(19)26/h4-10,15H,11-12H2,1-3H3. The Morgan fingerprint density at radius 1 is 1.17 bits per heavy atom. The smallest absolute Gasteiger partial charge is 0.417 e. The van der Waals surface area contributed by atoms with Crippen LogP contribution in [0.15, 0.2) is 42.5 Å². The summed E-state index contributed by atoms with van der Waals surface area (Å²) in [4.78, 5) is 25.6. The Morgan fingerprint density at radius 3 is 2.49 bits per heavy atom. The lowest BCUT2D eigenvalue weighted by molar-refractivity contribution is -0.149. The van der Waals surface area contributed by atoms with Crippen LogP contribution in [0.5, 0.6) is 0 Å². The summed E-state index contributed by atoms with van der Waals surface area (Å²) in [6.07, 6.45) is -2.51. The van der Waals surface area contributed by atoms with E-state index in [0.29, 0.717) is 18.4 Å². The number of rotatable bonds is 3. The zero-order valence-corrected chi connectivity index (χ0v) is 19.8. The summed E-state index contributed by atoms with van der Waals surface area (Å²) in [5.41, 5.74) is -1.85. The average Bonchev–Trinajstić information content (AvgIpc) is 3.18. The molecule has 0 N–H and O–H groups in total. The van der Waals surface area contributed by atoms with Crippen LogP contribution in [0.2, 0.25) is 5.02 Å². The van der Waals surface area contributed by atoms with Crippen molar-refractivity contribution in [3.05, 3.63) is 70.1 Å². The van der Waals surface area contributed by atoms with Crippen molar-refractivity contribution < 1.29 is 31.9 Å². The Balaban J connectivity index is 1.90. The third-order valence-corrected chi connectivity index (χ3v) is 6.68. The number of nitrogens with zero attached hydrogens (tertiary/aromatic N) is 2. The van der Waals surface area contributed by atoms with E-state index in [1.165, 1.54) is 31.4 Å². The van der Waals surface area contributed by atoms with Gasteiger partial charge in [-0.1, -0.05) is 43.7 Å². The molecule has 0 aliphatic heterocycles. The monoisotopic (exact) mass is 508 g/mol. The first-order valence-corrected chi connectivity index (χ1v) is 11.1. The highest BCUT2D eigenvalue weighted by Gasteiger charge is 2.41. The van der Waals surface area contributed by atoms with Gasteiger partial charge in [-0.25, -0.2) is 4.39 Å². The lowest BCUT2D eigenvalue weighted by atomic mass is 9.68. The van der Waals surface area contributed by atoms with Gasteiger partial charge in [-0.2, -0.15) is 23.0 Å². The maximum atomic E-state index is 15.0. The molecule has 3 aromatic rings. The molecule has 184 valence electrons. The first kappa shape index (κ1) is 24.9. The molecule has 0 saturated carbocycles. The van der Waals surface area contributed by atoms with Crippen molar-refractivity contribution in [1.82, 2.24) is 9.78 Å². The number of hydrogen-bond donors (Lipinski definition) is 0. The number of hydrogen-bond acceptors (Lipinski definition) is 4. The topological polar surface area (TPSA) is 61.2 Å². The fraction of sp³-hybridized carbons (Fsp3) is 0.320. The summed E-state index contributed by atoms with van der Waals surface area (Å²) < 4.78 is 61.6. The van der Waals surface area contributed by atoms with Crippen molar-refractivity contribution in [3.8, 4) is 0 Å². The predicted octanol–water partition coefficient (Wildman–Crippen LogP) is 6.53. The average molecular weight is 509 g/mol. The summed E-state index contributed by atoms with van der Waals surface area (Å²) in [5, 5.41) is 3.89. The lowest BCUT2D eigenvalue weighted by Crippen LogP contribution is -2.34. The van der Waals surface area contributed by atoms with Gasteiger partial charge in [0.1, 0.15) is 5.82 Å². The molecule has 4 rings (SSSR count). The van der Waals surface area contributed by atoms with Crippen LogP contribution in [0.25, 0.3) is 16.5 Å². The summed E-state index contributed by atoms with van der Waals surface area (Å²) in [5.74, 6) is -2.62. The molecule has 0 spiro atoms. The summed E-state index contributed by atoms with van der Waals surface area (Å²) >= 11 is 6.02. The van der Waals surface area contributed by atoms with Gasteiger partial charge in [0.15, 0.2) is 0 Å². The summed E-state index contributed by atoms with van der Waals surface area (Å²) in [6.45, 7) is 3.73. The van der Waals surface area contributed by atoms with Crippen molar-refractivity contribution in [3.63, 3.8) is 0 Å². The first-order chi connectivity index (χ1) is 16.4. The number of allylic oxidation sites excluding steroid dienone is 2. The predicted molar refractivity (Wildman–Crippen MR) is 122 cm³/mol. The van der Waals surface area contributed by atoms with Crippen molar-refractivity contribution >= 4 is 40.0 Å². The minimum atomic E-state index is -4.84. The van der Waals surface area contributed by atoms with Crippen molar-refractivity contribution in [2.75, 3.05) is 7.11 Å². The second-order valence-electron chi connectivity index (χ2n) is 9.07. The highest BCUT2D eigenvalue weighted by atomic mass is 35.5. The minimum Gasteiger partial charge on any atom is -0.469 e. The van der Waals surface area contributed by atoms with E-state index in [-0.39, 0.29) is 22.6 Å². The van der Waals surface area contributed by atoms with Gasteiger partial charge in [0.25, 0.3) is 5.91 Å². The van der Waals surface area contributed by atoms with Crippen LogP contribution in [0, 0.1) is 17.2 Å². The van der Waals surface area contributed by atoms with Crippen LogP contribution in [-0.2, 0) is 15.7 Å². The van der Waals surface area contributed by atoms with Gasteiger partial charge >= 0.3 is 12.1 Å². The van der Waals surface area contributed by atoms with Gasteiger partial charge in [0.05, 0.1) is 45.8 Å². The molecule has 0 fully saturated rings. The van der Waals surface area contributed by atoms with Gasteiger partial charge in [-0.05, 0) is 48.1 Å². The molecular formula is C25H21ClF4N2O3. The molecule has 1 heterocycles. The van der Waals surface area contributed by atoms with E-state index in [4.69, 9.17) is 16.3 Å². The second-order valence-corrected chi connectivity index (χ2v) is 9.47. The molecule has 1 unspecified atom stereocenters. The normalized spacial score (nSPS) is 17.8. The van der Waals surface area contributed by atoms with Crippen molar-refractivity contribution in [2.45, 2.75) is 32.9 Å². The van der Waals surface area contributed by atoms with E-state index in [9.17, 15) is 22.8 Å². The van der Waals surface area contributed by atoms with Crippen molar-refractivity contribution in [1.29, 1.82) is 0 Å². The number of methoxy groups -OCH3 is 1. The largest absolute Gasteiger partial charge is 0.469 e. The maximum Gasteiger partial charge on any atom is 0.417 e. The Kier molecular flexibility index (Phi) is 6.25. The molecular weight excluding hydrogens is 488 g/mol. The molecule has 35 heavy (non-hydrogen) atoms. The van der Waals surface area contributed by atoms with Crippen LogP contribution in [0.3, 0.4) is 0 Å². The second kappa shape index (κ2) is 8.78. The molecule has 1 aliphatic rings. The number of carbonyl (C=O) groups excluding carboxylic acids is 2. The van der Waals surface area contributed by atoms with E-state index >= 15 is 4.39 Å². The molecule has 1 aromatic heterocycles. The molecule has 0 bridgehead atoms. The molecule has 1 aliphatic carbocycles. The number of ether oxygens (including phenoxy) is 1. The van der Waals surface area contributed by atoms with Gasteiger partial charge in [0, 0.05) is 0 Å². The van der Waals surface area contributed by atoms with Gasteiger partial charge in [-0.3, -0.25) is 9.59 Å². The van der Waals surface area contributed by atoms with E-state index in [0.717, 1.165) is 16.8 Å². The lowest BCUT2D eigenvalue weighted by Gasteiger charge is -2.36. The van der Waals surface area contributed by atoms with E-state index < -0.39 is 45.4 Å². The number of carbonyl (C=O) groups is 2. The third-order valence-electron chi connectivity index (χ3n) is 6.36. The Hall–Kier alpha value is -3.20. The van der Waals surface area contributed by atoms with Gasteiger partial charge < -0.3 is 4.74 Å². The van der Waals surface area contributed by atoms with Crippen molar-refractivity contribution in [2.24, 2.45) is 11.3 Å². The highest BCUT2D eigenvalue weighted by molar-refractivity contribution is 6.34. The number of aromatic nitrogens is 2. The van der Waals surface area contributed by atoms with Crippen LogP contribution in [-0.4, -0.2) is 28.8 Å². The number of esters is 1.